The SMILES string of the molecule is COC(=O)C(C)(C)c1csc(NC(=O)NCc2ccc(C(=O)O)cc2)n1. The number of carboxylic acids is 1. The Morgan fingerprint density at radius 1 is 1.23 bits per heavy atom. The van der Waals surface area contributed by atoms with Crippen LogP contribution in [0, 0.1) is 0 Å². The van der Waals surface area contributed by atoms with E-state index >= 15 is 0 Å². The first-order valence-electron chi connectivity index (χ1n) is 7.65. The maximum absolute atomic E-state index is 12.0. The monoisotopic (exact) mass is 377 g/mol. The second-order valence-corrected chi connectivity index (χ2v) is 6.82. The molecule has 0 aliphatic carbocycles. The molecule has 26 heavy (non-hydrogen) atoms. The molecule has 0 saturated heterocycles. The van der Waals surface area contributed by atoms with E-state index in [9.17, 15) is 14.4 Å². The standard InChI is InChI=1S/C17H19N3O5S/c1-17(2,14(23)25-3)12-9-26-16(19-12)20-15(24)18-8-10-4-6-11(7-5-10)13(21)22/h4-7,9H,8H2,1-3H3,(H,21,22)(H2,18,19,20,24). The summed E-state index contributed by atoms with van der Waals surface area (Å²) in [5.41, 5.74) is 0.542. The van der Waals surface area contributed by atoms with E-state index in [1.165, 1.54) is 30.6 Å². The van der Waals surface area contributed by atoms with Gasteiger partial charge in [0.05, 0.1) is 18.4 Å². The topological polar surface area (TPSA) is 118 Å². The number of aromatic nitrogens is 1. The largest absolute Gasteiger partial charge is 0.478 e. The van der Waals surface area contributed by atoms with Crippen LogP contribution in [0.5, 0.6) is 0 Å². The summed E-state index contributed by atoms with van der Waals surface area (Å²) in [7, 11) is 1.31. The number of esters is 1. The minimum atomic E-state index is -1.00. The van der Waals surface area contributed by atoms with Crippen LogP contribution in [0.25, 0.3) is 0 Å². The van der Waals surface area contributed by atoms with Crippen LogP contribution in [0.4, 0.5) is 9.93 Å². The Kier molecular flexibility index (Phi) is 5.93. The molecule has 1 aromatic heterocycles. The molecule has 2 amide bonds. The molecule has 0 atom stereocenters. The number of carbonyl (C=O) groups is 3. The van der Waals surface area contributed by atoms with Gasteiger partial charge in [0.1, 0.15) is 5.41 Å². The van der Waals surface area contributed by atoms with Gasteiger partial charge in [-0.15, -0.1) is 11.3 Å². The lowest BCUT2D eigenvalue weighted by Crippen LogP contribution is -2.31. The Bertz CT molecular complexity index is 814. The van der Waals surface area contributed by atoms with Crippen LogP contribution in [0.2, 0.25) is 0 Å². The summed E-state index contributed by atoms with van der Waals surface area (Å²) in [4.78, 5) is 38.8. The first-order chi connectivity index (χ1) is 12.2. The minimum Gasteiger partial charge on any atom is -0.478 e. The molecule has 2 rings (SSSR count). The molecule has 2 aromatic rings. The third kappa shape index (κ3) is 4.57. The fourth-order valence-corrected chi connectivity index (χ4v) is 2.94. The van der Waals surface area contributed by atoms with E-state index in [4.69, 9.17) is 9.84 Å². The molecule has 0 unspecified atom stereocenters. The van der Waals surface area contributed by atoms with E-state index < -0.39 is 23.4 Å². The Labute approximate surface area is 154 Å². The van der Waals surface area contributed by atoms with Gasteiger partial charge in [-0.25, -0.2) is 14.6 Å². The second-order valence-electron chi connectivity index (χ2n) is 5.96. The number of anilines is 1. The molecule has 0 radical (unpaired) electrons. The summed E-state index contributed by atoms with van der Waals surface area (Å²) in [6.45, 7) is 3.62. The number of urea groups is 1. The van der Waals surface area contributed by atoms with E-state index in [2.05, 4.69) is 15.6 Å². The van der Waals surface area contributed by atoms with Gasteiger partial charge in [0.15, 0.2) is 5.13 Å². The highest BCUT2D eigenvalue weighted by Gasteiger charge is 2.33. The van der Waals surface area contributed by atoms with Crippen LogP contribution in [0.1, 0.15) is 35.5 Å². The molecule has 138 valence electrons. The van der Waals surface area contributed by atoms with Crippen molar-refractivity contribution in [3.63, 3.8) is 0 Å². The summed E-state index contributed by atoms with van der Waals surface area (Å²) in [6.07, 6.45) is 0. The van der Waals surface area contributed by atoms with Gasteiger partial charge >= 0.3 is 18.0 Å². The molecule has 1 aromatic carbocycles. The lowest BCUT2D eigenvalue weighted by atomic mass is 9.90. The molecule has 0 fully saturated rings. The normalized spacial score (nSPS) is 10.9. The summed E-state index contributed by atoms with van der Waals surface area (Å²) in [5.74, 6) is -1.42. The van der Waals surface area contributed by atoms with Crippen molar-refractivity contribution in [1.29, 1.82) is 0 Å². The molecule has 0 aliphatic rings. The first-order valence-corrected chi connectivity index (χ1v) is 8.53. The van der Waals surface area contributed by atoms with Crippen molar-refractivity contribution in [2.75, 3.05) is 12.4 Å². The molecule has 3 N–H and O–H groups in total. The van der Waals surface area contributed by atoms with E-state index in [0.29, 0.717) is 10.8 Å². The number of rotatable bonds is 6. The van der Waals surface area contributed by atoms with Gasteiger partial charge in [0.25, 0.3) is 0 Å². The molecule has 0 saturated carbocycles. The maximum atomic E-state index is 12.0. The number of methoxy groups -OCH3 is 1. The summed E-state index contributed by atoms with van der Waals surface area (Å²) in [6, 6.07) is 5.75. The maximum Gasteiger partial charge on any atom is 0.335 e. The van der Waals surface area contributed by atoms with E-state index in [-0.39, 0.29) is 12.1 Å². The number of carbonyl (C=O) groups excluding carboxylic acids is 2. The predicted octanol–water partition coefficient (Wildman–Crippen LogP) is 2.61. The van der Waals surface area contributed by atoms with Crippen molar-refractivity contribution in [1.82, 2.24) is 10.3 Å². The number of thiazole rings is 1. The van der Waals surface area contributed by atoms with Gasteiger partial charge in [-0.1, -0.05) is 12.1 Å². The number of amides is 2. The molecule has 8 nitrogen and oxygen atoms in total. The molecule has 0 bridgehead atoms. The number of ether oxygens (including phenoxy) is 1. The molecule has 0 aliphatic heterocycles. The van der Waals surface area contributed by atoms with Gasteiger partial charge in [0.2, 0.25) is 0 Å². The van der Waals surface area contributed by atoms with E-state index in [1.807, 2.05) is 0 Å². The highest BCUT2D eigenvalue weighted by atomic mass is 32.1. The Morgan fingerprint density at radius 2 is 1.88 bits per heavy atom. The predicted molar refractivity (Wildman–Crippen MR) is 96.4 cm³/mol. The number of benzene rings is 1. The van der Waals surface area contributed by atoms with Gasteiger partial charge in [-0.05, 0) is 31.5 Å². The lowest BCUT2D eigenvalue weighted by Gasteiger charge is -2.18. The summed E-state index contributed by atoms with van der Waals surface area (Å²) < 4.78 is 4.76. The second kappa shape index (κ2) is 7.96. The zero-order chi connectivity index (χ0) is 19.3. The zero-order valence-corrected chi connectivity index (χ0v) is 15.3. The number of hydrogen-bond donors (Lipinski definition) is 3. The van der Waals surface area contributed by atoms with Gasteiger partial charge < -0.3 is 15.2 Å². The van der Waals surface area contributed by atoms with Crippen LogP contribution in [-0.2, 0) is 21.5 Å². The molecular formula is C17H19N3O5S. The van der Waals surface area contributed by atoms with Crippen LogP contribution in [0.3, 0.4) is 0 Å². The number of carboxylic acid groups (broad SMARTS) is 1. The fourth-order valence-electron chi connectivity index (χ4n) is 2.07. The fraction of sp³-hybridized carbons (Fsp3) is 0.294. The highest BCUT2D eigenvalue weighted by molar-refractivity contribution is 7.14. The third-order valence-corrected chi connectivity index (χ3v) is 4.47. The van der Waals surface area contributed by atoms with Crippen molar-refractivity contribution >= 4 is 34.4 Å². The van der Waals surface area contributed by atoms with Crippen LogP contribution in [0.15, 0.2) is 29.6 Å². The van der Waals surface area contributed by atoms with Crippen LogP contribution in [-0.4, -0.2) is 35.2 Å². The molecule has 9 heteroatoms. The smallest absolute Gasteiger partial charge is 0.335 e. The number of nitrogens with one attached hydrogen (secondary N) is 2. The number of hydrogen-bond acceptors (Lipinski definition) is 6. The molecule has 1 heterocycles. The van der Waals surface area contributed by atoms with E-state index in [0.717, 1.165) is 5.56 Å². The van der Waals surface area contributed by atoms with Gasteiger partial charge in [-0.2, -0.15) is 0 Å². The minimum absolute atomic E-state index is 0.182. The first kappa shape index (κ1) is 19.4. The Hall–Kier alpha value is -2.94. The van der Waals surface area contributed by atoms with Crippen LogP contribution < -0.4 is 10.6 Å². The molecule has 0 spiro atoms. The van der Waals surface area contributed by atoms with Gasteiger partial charge in [0, 0.05) is 11.9 Å². The summed E-state index contributed by atoms with van der Waals surface area (Å²) >= 11 is 1.20. The van der Waals surface area contributed by atoms with E-state index in [1.54, 1.807) is 31.4 Å². The molecular weight excluding hydrogens is 358 g/mol. The Balaban J connectivity index is 1.92. The quantitative estimate of drug-likeness (QED) is 0.666. The number of aromatic carboxylic acids is 1. The van der Waals surface area contributed by atoms with Crippen molar-refractivity contribution in [3.8, 4) is 0 Å². The van der Waals surface area contributed by atoms with Crippen LogP contribution >= 0.6 is 11.3 Å². The number of nitrogens with zero attached hydrogens (tertiary/aromatic N) is 1. The summed E-state index contributed by atoms with van der Waals surface area (Å²) in [5, 5.41) is 16.2. The highest BCUT2D eigenvalue weighted by Crippen LogP contribution is 2.28. The van der Waals surface area contributed by atoms with Crippen molar-refractivity contribution in [3.05, 3.63) is 46.5 Å². The average molecular weight is 377 g/mol. The van der Waals surface area contributed by atoms with Crippen molar-refractivity contribution < 1.29 is 24.2 Å². The third-order valence-electron chi connectivity index (χ3n) is 3.71. The lowest BCUT2D eigenvalue weighted by molar-refractivity contribution is -0.146. The average Bonchev–Trinajstić information content (AvgIpc) is 3.08. The van der Waals surface area contributed by atoms with Gasteiger partial charge in [-0.3, -0.25) is 10.1 Å². The Morgan fingerprint density at radius 3 is 2.46 bits per heavy atom. The van der Waals surface area contributed by atoms with Crippen molar-refractivity contribution in [2.45, 2.75) is 25.8 Å². The zero-order valence-electron chi connectivity index (χ0n) is 14.5. The van der Waals surface area contributed by atoms with Crippen molar-refractivity contribution in [2.24, 2.45) is 0 Å².